The van der Waals surface area contributed by atoms with Crippen LogP contribution in [0.1, 0.15) is 60.5 Å². The van der Waals surface area contributed by atoms with E-state index in [1.54, 1.807) is 7.05 Å². The molecule has 1 aliphatic rings. The van der Waals surface area contributed by atoms with Crippen molar-refractivity contribution in [2.45, 2.75) is 46.0 Å². The van der Waals surface area contributed by atoms with E-state index in [-0.39, 0.29) is 30.0 Å². The van der Waals surface area contributed by atoms with Gasteiger partial charge in [-0.1, -0.05) is 39.0 Å². The van der Waals surface area contributed by atoms with E-state index in [4.69, 9.17) is 5.73 Å². The average Bonchev–Trinajstić information content (AvgIpc) is 2.88. The maximum atomic E-state index is 12.4. The third-order valence-electron chi connectivity index (χ3n) is 6.61. The quantitative estimate of drug-likeness (QED) is 0.345. The first-order chi connectivity index (χ1) is 18.2. The van der Waals surface area contributed by atoms with E-state index in [2.05, 4.69) is 25.5 Å². The van der Waals surface area contributed by atoms with Crippen LogP contribution < -0.4 is 16.4 Å². The zero-order valence-electron chi connectivity index (χ0n) is 22.8. The van der Waals surface area contributed by atoms with Crippen molar-refractivity contribution in [3.8, 4) is 0 Å². The molecular formula is C28H39N7O3. The number of primary amides is 1. The summed E-state index contributed by atoms with van der Waals surface area (Å²) >= 11 is 0. The number of nitrogens with zero attached hydrogens (tertiary/aromatic N) is 4. The number of nitrogens with two attached hydrogens (primary N) is 1. The molecule has 2 aromatic rings. The molecule has 38 heavy (non-hydrogen) atoms. The third kappa shape index (κ3) is 7.85. The molecule has 0 bridgehead atoms. The lowest BCUT2D eigenvalue weighted by Gasteiger charge is -2.29. The normalized spacial score (nSPS) is 14.1. The predicted octanol–water partition coefficient (Wildman–Crippen LogP) is 2.38. The van der Waals surface area contributed by atoms with Crippen LogP contribution in [0.4, 0.5) is 11.5 Å². The number of anilines is 2. The summed E-state index contributed by atoms with van der Waals surface area (Å²) in [7, 11) is 1.62. The lowest BCUT2D eigenvalue weighted by atomic mass is 10.0. The zero-order valence-corrected chi connectivity index (χ0v) is 22.8. The summed E-state index contributed by atoms with van der Waals surface area (Å²) in [5, 5.41) is 6.11. The lowest BCUT2D eigenvalue weighted by Crippen LogP contribution is -2.39. The molecule has 0 saturated carbocycles. The van der Waals surface area contributed by atoms with Gasteiger partial charge in [0.15, 0.2) is 11.5 Å². The topological polar surface area (TPSA) is 134 Å². The van der Waals surface area contributed by atoms with E-state index in [0.717, 1.165) is 42.3 Å². The Labute approximate surface area is 224 Å². The van der Waals surface area contributed by atoms with Crippen LogP contribution in [0.5, 0.6) is 0 Å². The van der Waals surface area contributed by atoms with Gasteiger partial charge in [0.05, 0.1) is 17.9 Å². The number of likely N-dealkylation sites (N-methyl/N-ethyl adjacent to an activating group) is 1. The third-order valence-corrected chi connectivity index (χ3v) is 6.61. The van der Waals surface area contributed by atoms with E-state index in [9.17, 15) is 14.4 Å². The number of hydrogen-bond donors (Lipinski definition) is 3. The summed E-state index contributed by atoms with van der Waals surface area (Å²) < 4.78 is 0. The molecule has 3 amide bonds. The fraction of sp³-hybridized carbons (Fsp3) is 0.464. The van der Waals surface area contributed by atoms with Crippen molar-refractivity contribution < 1.29 is 14.4 Å². The number of carbonyl (C=O) groups is 3. The molecule has 0 spiro atoms. The first kappa shape index (κ1) is 28.8. The van der Waals surface area contributed by atoms with Crippen molar-refractivity contribution >= 4 is 29.2 Å². The minimum Gasteiger partial charge on any atom is -0.364 e. The molecule has 1 unspecified atom stereocenters. The number of aryl methyl sites for hydroxylation is 2. The number of nitrogens with one attached hydrogen (secondary N) is 2. The zero-order chi connectivity index (χ0) is 27.7. The van der Waals surface area contributed by atoms with Gasteiger partial charge in [-0.25, -0.2) is 9.97 Å². The van der Waals surface area contributed by atoms with E-state index >= 15 is 0 Å². The minimum atomic E-state index is -0.639. The number of hydrogen-bond acceptors (Lipinski definition) is 7. The second-order valence-electron chi connectivity index (χ2n) is 9.59. The van der Waals surface area contributed by atoms with Gasteiger partial charge in [-0.15, -0.1) is 0 Å². The highest BCUT2D eigenvalue weighted by molar-refractivity contribution is 5.96. The standard InChI is InChI=1S/C28H39N7O3/c1-5-22-23(6-2)33-28(26(32-22)27(29)38)31-21-11-7-10-20(16-21)19(3)17-30-24(36)18-34(4)25(37)12-8-13-35-14-9-15-35/h7-8,10-12,16,19H,5-6,9,13-15,17-18H2,1-4H3,(H2,29,38)(H,30,36)(H,31,33)/b12-8+. The molecule has 1 aromatic heterocycles. The Kier molecular flexibility index (Phi) is 10.3. The molecule has 204 valence electrons. The first-order valence-electron chi connectivity index (χ1n) is 13.2. The second kappa shape index (κ2) is 13.7. The summed E-state index contributed by atoms with van der Waals surface area (Å²) in [4.78, 5) is 49.4. The van der Waals surface area contributed by atoms with Crippen molar-refractivity contribution in [3.63, 3.8) is 0 Å². The van der Waals surface area contributed by atoms with Crippen molar-refractivity contribution in [1.82, 2.24) is 25.1 Å². The molecule has 10 heteroatoms. The summed E-state index contributed by atoms with van der Waals surface area (Å²) in [5.74, 6) is -0.712. The van der Waals surface area contributed by atoms with Crippen LogP contribution in [0.3, 0.4) is 0 Å². The second-order valence-corrected chi connectivity index (χ2v) is 9.59. The van der Waals surface area contributed by atoms with Crippen LogP contribution in [0, 0.1) is 0 Å². The smallest absolute Gasteiger partial charge is 0.271 e. The van der Waals surface area contributed by atoms with Gasteiger partial charge in [-0.05, 0) is 56.0 Å². The largest absolute Gasteiger partial charge is 0.364 e. The summed E-state index contributed by atoms with van der Waals surface area (Å²) in [6.45, 7) is 9.27. The molecule has 4 N–H and O–H groups in total. The summed E-state index contributed by atoms with van der Waals surface area (Å²) in [6, 6.07) is 7.68. The van der Waals surface area contributed by atoms with Crippen molar-refractivity contribution in [1.29, 1.82) is 0 Å². The SMILES string of the molecule is CCc1nc(Nc2cccc(C(C)CNC(=O)CN(C)C(=O)/C=C/CN3CCC3)c2)c(C(N)=O)nc1CC. The van der Waals surface area contributed by atoms with E-state index < -0.39 is 5.91 Å². The first-order valence-corrected chi connectivity index (χ1v) is 13.2. The number of aromatic nitrogens is 2. The van der Waals surface area contributed by atoms with Gasteiger partial charge >= 0.3 is 0 Å². The van der Waals surface area contributed by atoms with Gasteiger partial charge in [0.25, 0.3) is 5.91 Å². The monoisotopic (exact) mass is 521 g/mol. The Morgan fingerprint density at radius 3 is 2.50 bits per heavy atom. The fourth-order valence-corrected chi connectivity index (χ4v) is 4.12. The molecule has 0 aliphatic carbocycles. The van der Waals surface area contributed by atoms with Gasteiger partial charge in [0, 0.05) is 31.9 Å². The molecule has 1 saturated heterocycles. The Morgan fingerprint density at radius 2 is 1.87 bits per heavy atom. The van der Waals surface area contributed by atoms with E-state index in [0.29, 0.717) is 25.2 Å². The molecule has 0 radical (unpaired) electrons. The number of carbonyl (C=O) groups excluding carboxylic acids is 3. The summed E-state index contributed by atoms with van der Waals surface area (Å²) in [5.41, 5.74) is 8.99. The highest BCUT2D eigenvalue weighted by Gasteiger charge is 2.18. The van der Waals surface area contributed by atoms with Crippen molar-refractivity contribution in [2.75, 3.05) is 45.1 Å². The molecular weight excluding hydrogens is 482 g/mol. The van der Waals surface area contributed by atoms with E-state index in [1.807, 2.05) is 51.1 Å². The Balaban J connectivity index is 1.57. The molecule has 1 aliphatic heterocycles. The molecule has 1 aromatic carbocycles. The van der Waals surface area contributed by atoms with Gasteiger partial charge in [0.1, 0.15) is 0 Å². The van der Waals surface area contributed by atoms with Gasteiger partial charge in [-0.2, -0.15) is 0 Å². The van der Waals surface area contributed by atoms with Crippen LogP contribution in [0.2, 0.25) is 0 Å². The Bertz CT molecular complexity index is 1180. The van der Waals surface area contributed by atoms with Gasteiger partial charge in [-0.3, -0.25) is 19.3 Å². The highest BCUT2D eigenvalue weighted by Crippen LogP contribution is 2.24. The molecule has 10 nitrogen and oxygen atoms in total. The highest BCUT2D eigenvalue weighted by atomic mass is 16.2. The van der Waals surface area contributed by atoms with Gasteiger partial charge in [0.2, 0.25) is 11.8 Å². The van der Waals surface area contributed by atoms with Crippen LogP contribution in [0.25, 0.3) is 0 Å². The van der Waals surface area contributed by atoms with Crippen LogP contribution >= 0.6 is 0 Å². The van der Waals surface area contributed by atoms with Crippen LogP contribution in [0.15, 0.2) is 36.4 Å². The number of amides is 3. The number of rotatable bonds is 13. The Hall–Kier alpha value is -3.79. The number of likely N-dealkylation sites (tertiary alicyclic amines) is 1. The lowest BCUT2D eigenvalue weighted by molar-refractivity contribution is -0.131. The number of benzene rings is 1. The van der Waals surface area contributed by atoms with E-state index in [1.165, 1.54) is 17.4 Å². The Morgan fingerprint density at radius 1 is 1.16 bits per heavy atom. The van der Waals surface area contributed by atoms with Crippen molar-refractivity contribution in [2.24, 2.45) is 5.73 Å². The minimum absolute atomic E-state index is 0.00787. The molecule has 2 heterocycles. The van der Waals surface area contributed by atoms with Gasteiger partial charge < -0.3 is 21.3 Å². The predicted molar refractivity (Wildman–Crippen MR) is 148 cm³/mol. The molecule has 1 fully saturated rings. The maximum Gasteiger partial charge on any atom is 0.271 e. The average molecular weight is 522 g/mol. The summed E-state index contributed by atoms with van der Waals surface area (Å²) in [6.07, 6.45) is 5.93. The molecule has 3 rings (SSSR count). The maximum absolute atomic E-state index is 12.4. The van der Waals surface area contributed by atoms with Crippen LogP contribution in [-0.2, 0) is 22.4 Å². The fourth-order valence-electron chi connectivity index (χ4n) is 4.12. The van der Waals surface area contributed by atoms with Crippen LogP contribution in [-0.4, -0.2) is 77.3 Å². The molecule has 1 atom stereocenters. The van der Waals surface area contributed by atoms with Crippen molar-refractivity contribution in [3.05, 3.63) is 59.1 Å².